The number of alkyl halides is 1. The van der Waals surface area contributed by atoms with E-state index < -0.39 is 0 Å². The molecule has 0 aromatic heterocycles. The Balaban J connectivity index is 2.46. The summed E-state index contributed by atoms with van der Waals surface area (Å²) in [5.41, 5.74) is 4.15. The highest BCUT2D eigenvalue weighted by Crippen LogP contribution is 2.38. The highest BCUT2D eigenvalue weighted by molar-refractivity contribution is 14.1. The highest BCUT2D eigenvalue weighted by Gasteiger charge is 2.28. The van der Waals surface area contributed by atoms with Crippen LogP contribution in [0.2, 0.25) is 0 Å². The van der Waals surface area contributed by atoms with Gasteiger partial charge in [0.25, 0.3) is 0 Å². The molecule has 1 nitrogen and oxygen atoms in total. The Morgan fingerprint density at radius 2 is 2.00 bits per heavy atom. The zero-order valence-corrected chi connectivity index (χ0v) is 11.0. The van der Waals surface area contributed by atoms with Gasteiger partial charge < -0.3 is 5.32 Å². The number of halogens is 1. The molecular weight excluding hydrogens is 285 g/mol. The fourth-order valence-corrected chi connectivity index (χ4v) is 2.69. The lowest BCUT2D eigenvalue weighted by atomic mass is 9.88. The molecule has 0 spiro atoms. The molecule has 0 radical (unpaired) electrons. The lowest BCUT2D eigenvalue weighted by molar-refractivity contribution is 0.627. The van der Waals surface area contributed by atoms with Gasteiger partial charge in [-0.25, -0.2) is 0 Å². The Kier molecular flexibility index (Phi) is 2.73. The summed E-state index contributed by atoms with van der Waals surface area (Å²) in [5, 5.41) is 3.56. The van der Waals surface area contributed by atoms with E-state index in [9.17, 15) is 0 Å². The maximum Gasteiger partial charge on any atom is 0.0378 e. The third-order valence-electron chi connectivity index (χ3n) is 3.04. The predicted octanol–water partition coefficient (Wildman–Crippen LogP) is 3.72. The van der Waals surface area contributed by atoms with Crippen LogP contribution >= 0.6 is 22.6 Å². The van der Waals surface area contributed by atoms with Crippen molar-refractivity contribution in [1.82, 2.24) is 0 Å². The smallest absolute Gasteiger partial charge is 0.0378 e. The molecule has 1 N–H and O–H groups in total. The largest absolute Gasteiger partial charge is 0.381 e. The van der Waals surface area contributed by atoms with Crippen LogP contribution in [-0.2, 0) is 0 Å². The Bertz CT molecular complexity index is 348. The number of hydrogen-bond donors (Lipinski definition) is 1. The molecule has 0 unspecified atom stereocenters. The minimum atomic E-state index is 0.570. The molecule has 0 aliphatic carbocycles. The Labute approximate surface area is 99.4 Å². The van der Waals surface area contributed by atoms with Crippen molar-refractivity contribution in [2.24, 2.45) is 0 Å². The second kappa shape index (κ2) is 3.72. The molecule has 2 rings (SSSR count). The molecule has 1 aliphatic rings. The number of rotatable bonds is 0. The number of nitrogens with one attached hydrogen (secondary N) is 1. The third kappa shape index (κ3) is 1.64. The van der Waals surface area contributed by atoms with Gasteiger partial charge in [-0.2, -0.15) is 0 Å². The van der Waals surface area contributed by atoms with Gasteiger partial charge in [0.2, 0.25) is 0 Å². The number of hydrogen-bond acceptors (Lipinski definition) is 1. The van der Waals surface area contributed by atoms with Crippen LogP contribution in [0, 0.1) is 6.92 Å². The topological polar surface area (TPSA) is 12.0 Å². The molecule has 1 heterocycles. The van der Waals surface area contributed by atoms with Gasteiger partial charge in [0, 0.05) is 15.7 Å². The minimum absolute atomic E-state index is 0.570. The summed E-state index contributed by atoms with van der Waals surface area (Å²) in [5.74, 6) is 0.654. The summed E-state index contributed by atoms with van der Waals surface area (Å²) in [6, 6.07) is 7.27. The molecule has 1 aromatic carbocycles. The second-order valence-electron chi connectivity index (χ2n) is 4.26. The van der Waals surface area contributed by atoms with Crippen LogP contribution in [-0.4, -0.2) is 9.97 Å². The van der Waals surface area contributed by atoms with Crippen molar-refractivity contribution in [2.75, 3.05) is 5.32 Å². The van der Waals surface area contributed by atoms with Crippen LogP contribution in [0.3, 0.4) is 0 Å². The van der Waals surface area contributed by atoms with Crippen molar-refractivity contribution in [3.8, 4) is 0 Å². The Morgan fingerprint density at radius 1 is 1.29 bits per heavy atom. The summed E-state index contributed by atoms with van der Waals surface area (Å²) in [6.45, 7) is 6.75. The van der Waals surface area contributed by atoms with Crippen LogP contribution in [0.4, 0.5) is 5.69 Å². The van der Waals surface area contributed by atoms with Crippen molar-refractivity contribution in [1.29, 1.82) is 0 Å². The number of benzene rings is 1. The van der Waals surface area contributed by atoms with Gasteiger partial charge in [0.1, 0.15) is 0 Å². The molecule has 2 heteroatoms. The summed E-state index contributed by atoms with van der Waals surface area (Å²) in [7, 11) is 0. The molecule has 0 amide bonds. The Morgan fingerprint density at radius 3 is 2.71 bits per heavy atom. The van der Waals surface area contributed by atoms with Gasteiger partial charge in [-0.3, -0.25) is 0 Å². The highest BCUT2D eigenvalue weighted by atomic mass is 127. The van der Waals surface area contributed by atoms with Crippen molar-refractivity contribution in [2.45, 2.75) is 36.7 Å². The van der Waals surface area contributed by atoms with Gasteiger partial charge in [-0.05, 0) is 31.4 Å². The standard InChI is InChI=1S/C12H16IN/c1-7-4-5-11-10(6-7)8(2)12(13)9(3)14-11/h4-6,8-9,12,14H,1-3H3/t8-,9+,12-/m1/s1. The maximum absolute atomic E-state index is 3.56. The number of fused-ring (bicyclic) bond motifs is 1. The van der Waals surface area contributed by atoms with E-state index in [2.05, 4.69) is 66.9 Å². The molecular formula is C12H16IN. The van der Waals surface area contributed by atoms with Crippen LogP contribution < -0.4 is 5.32 Å². The van der Waals surface area contributed by atoms with E-state index >= 15 is 0 Å². The molecule has 1 aliphatic heterocycles. The number of anilines is 1. The first-order valence-electron chi connectivity index (χ1n) is 5.10. The monoisotopic (exact) mass is 301 g/mol. The lowest BCUT2D eigenvalue weighted by Crippen LogP contribution is -2.35. The normalized spacial score (nSPS) is 30.7. The van der Waals surface area contributed by atoms with E-state index in [1.54, 1.807) is 0 Å². The first kappa shape index (κ1) is 10.3. The van der Waals surface area contributed by atoms with Crippen LogP contribution in [0.15, 0.2) is 18.2 Å². The molecule has 0 saturated heterocycles. The van der Waals surface area contributed by atoms with E-state index in [1.807, 2.05) is 0 Å². The van der Waals surface area contributed by atoms with E-state index in [0.717, 1.165) is 0 Å². The van der Waals surface area contributed by atoms with E-state index in [0.29, 0.717) is 15.9 Å². The van der Waals surface area contributed by atoms with Crippen molar-refractivity contribution >= 4 is 28.3 Å². The minimum Gasteiger partial charge on any atom is -0.381 e. The van der Waals surface area contributed by atoms with Crippen LogP contribution in [0.1, 0.15) is 30.9 Å². The first-order chi connectivity index (χ1) is 6.59. The SMILES string of the molecule is Cc1ccc2c(c1)[C@@H](C)[C@@H](I)[C@H](C)N2. The average Bonchev–Trinajstić information content (AvgIpc) is 2.16. The molecule has 0 bridgehead atoms. The average molecular weight is 301 g/mol. The molecule has 0 fully saturated rings. The number of aryl methyl sites for hydroxylation is 1. The predicted molar refractivity (Wildman–Crippen MR) is 70.5 cm³/mol. The second-order valence-corrected chi connectivity index (χ2v) is 5.70. The maximum atomic E-state index is 3.56. The van der Waals surface area contributed by atoms with Crippen LogP contribution in [0.25, 0.3) is 0 Å². The Hall–Kier alpha value is -0.250. The lowest BCUT2D eigenvalue weighted by Gasteiger charge is -2.34. The zero-order chi connectivity index (χ0) is 10.3. The van der Waals surface area contributed by atoms with Crippen LogP contribution in [0.5, 0.6) is 0 Å². The van der Waals surface area contributed by atoms with Gasteiger partial charge >= 0.3 is 0 Å². The van der Waals surface area contributed by atoms with Crippen molar-refractivity contribution < 1.29 is 0 Å². The van der Waals surface area contributed by atoms with E-state index in [1.165, 1.54) is 16.8 Å². The molecule has 3 atom stereocenters. The quantitative estimate of drug-likeness (QED) is 0.569. The van der Waals surface area contributed by atoms with E-state index in [4.69, 9.17) is 0 Å². The van der Waals surface area contributed by atoms with Gasteiger partial charge in [-0.15, -0.1) is 0 Å². The fourth-order valence-electron chi connectivity index (χ4n) is 2.12. The summed E-state index contributed by atoms with van der Waals surface area (Å²) in [4.78, 5) is 0. The molecule has 0 saturated carbocycles. The third-order valence-corrected chi connectivity index (χ3v) is 5.19. The zero-order valence-electron chi connectivity index (χ0n) is 8.84. The van der Waals surface area contributed by atoms with Crippen molar-refractivity contribution in [3.05, 3.63) is 29.3 Å². The summed E-state index contributed by atoms with van der Waals surface area (Å²) < 4.78 is 0.682. The van der Waals surface area contributed by atoms with Crippen molar-refractivity contribution in [3.63, 3.8) is 0 Å². The fraction of sp³-hybridized carbons (Fsp3) is 0.500. The molecule has 1 aromatic rings. The van der Waals surface area contributed by atoms with Gasteiger partial charge in [0.05, 0.1) is 0 Å². The van der Waals surface area contributed by atoms with Gasteiger partial charge in [0.15, 0.2) is 0 Å². The van der Waals surface area contributed by atoms with Gasteiger partial charge in [-0.1, -0.05) is 47.2 Å². The summed E-state index contributed by atoms with van der Waals surface area (Å²) in [6.07, 6.45) is 0. The molecule has 76 valence electrons. The summed E-state index contributed by atoms with van der Waals surface area (Å²) >= 11 is 2.55. The van der Waals surface area contributed by atoms with E-state index in [-0.39, 0.29) is 0 Å². The first-order valence-corrected chi connectivity index (χ1v) is 6.35. The molecule has 14 heavy (non-hydrogen) atoms.